The molecule has 1 saturated carbocycles. The van der Waals surface area contributed by atoms with E-state index in [1.807, 2.05) is 60.8 Å². The Hall–Kier alpha value is -4.14. The molecule has 1 aromatic heterocycles. The second-order valence-corrected chi connectivity index (χ2v) is 12.3. The summed E-state index contributed by atoms with van der Waals surface area (Å²) in [5.74, 6) is -1.42. The quantitative estimate of drug-likeness (QED) is 0.263. The van der Waals surface area contributed by atoms with Gasteiger partial charge in [0.25, 0.3) is 0 Å². The molecule has 1 saturated heterocycles. The number of aromatic nitrogens is 1. The first-order valence-corrected chi connectivity index (χ1v) is 16.1. The molecule has 9 heteroatoms. The molecule has 2 aliphatic rings. The number of nitrogens with zero attached hydrogens (tertiary/aromatic N) is 2. The van der Waals surface area contributed by atoms with E-state index in [1.54, 1.807) is 4.90 Å². The summed E-state index contributed by atoms with van der Waals surface area (Å²) in [5, 5.41) is 13.6. The van der Waals surface area contributed by atoms with Crippen molar-refractivity contribution in [2.45, 2.75) is 82.7 Å². The Morgan fingerprint density at radius 3 is 2.48 bits per heavy atom. The van der Waals surface area contributed by atoms with Crippen LogP contribution in [0.15, 0.2) is 60.8 Å². The predicted octanol–water partition coefficient (Wildman–Crippen LogP) is 4.70. The molecule has 0 radical (unpaired) electrons. The average molecular weight is 601 g/mol. The molecule has 3 N–H and O–H groups in total. The second-order valence-electron chi connectivity index (χ2n) is 12.3. The lowest BCUT2D eigenvalue weighted by atomic mass is 9.87. The number of benzene rings is 2. The number of rotatable bonds is 13. The Bertz CT molecular complexity index is 1430. The van der Waals surface area contributed by atoms with Crippen molar-refractivity contribution in [1.82, 2.24) is 20.1 Å². The van der Waals surface area contributed by atoms with Gasteiger partial charge >= 0.3 is 5.97 Å². The molecule has 0 bridgehead atoms. The molecule has 9 nitrogen and oxygen atoms in total. The zero-order valence-electron chi connectivity index (χ0n) is 25.4. The minimum atomic E-state index is -1.01. The van der Waals surface area contributed by atoms with Crippen molar-refractivity contribution in [1.29, 1.82) is 0 Å². The van der Waals surface area contributed by atoms with Gasteiger partial charge in [-0.3, -0.25) is 14.4 Å². The Morgan fingerprint density at radius 1 is 0.955 bits per heavy atom. The fourth-order valence-electron chi connectivity index (χ4n) is 6.79. The number of carbonyl (C=O) groups excluding carboxylic acids is 3. The number of amides is 3. The minimum absolute atomic E-state index is 0.119. The third kappa shape index (κ3) is 8.07. The first kappa shape index (κ1) is 31.3. The maximum atomic E-state index is 14.3. The van der Waals surface area contributed by atoms with Gasteiger partial charge in [-0.1, -0.05) is 80.6 Å². The summed E-state index contributed by atoms with van der Waals surface area (Å²) in [4.78, 5) is 59.1. The summed E-state index contributed by atoms with van der Waals surface area (Å²) in [7, 11) is 0. The van der Waals surface area contributed by atoms with E-state index in [2.05, 4.69) is 10.3 Å². The van der Waals surface area contributed by atoms with Crippen LogP contribution in [-0.2, 0) is 32.0 Å². The number of aryl methyl sites for hydroxylation is 1. The number of nitrogens with one attached hydrogen (secondary N) is 2. The highest BCUT2D eigenvalue weighted by Gasteiger charge is 2.36. The SMILES string of the molecule is O=C(Cc1c[nH]c2ccccc12)N[C@@H](CCc1ccccc1)C(=O)N(CCC1CCCCC1)CC(=O)N1CCC[C@@H]1C(=O)O. The smallest absolute Gasteiger partial charge is 0.326 e. The number of hydrogen-bond donors (Lipinski definition) is 3. The molecule has 234 valence electrons. The number of carbonyl (C=O) groups is 4. The maximum Gasteiger partial charge on any atom is 0.326 e. The van der Waals surface area contributed by atoms with Crippen LogP contribution in [0.25, 0.3) is 10.9 Å². The monoisotopic (exact) mass is 600 g/mol. The molecule has 2 fully saturated rings. The van der Waals surface area contributed by atoms with Crippen LogP contribution in [0, 0.1) is 5.92 Å². The Morgan fingerprint density at radius 2 is 1.70 bits per heavy atom. The third-order valence-corrected chi connectivity index (χ3v) is 9.25. The molecular weight excluding hydrogens is 556 g/mol. The summed E-state index contributed by atoms with van der Waals surface area (Å²) in [6.07, 6.45) is 10.6. The standard InChI is InChI=1S/C35H44N4O5/c40-32(22-27-23-36-29-15-8-7-14-28(27)29)37-30(18-17-25-10-3-1-4-11-25)34(42)38(21-19-26-12-5-2-6-13-26)24-33(41)39-20-9-16-31(39)35(43)44/h1,3-4,7-8,10-11,14-15,23,26,30-31,36H,2,5-6,9,12-13,16-22,24H2,(H,37,40)(H,43,44)/t30-,31+/m0/s1. The van der Waals surface area contributed by atoms with Gasteiger partial charge in [0.05, 0.1) is 13.0 Å². The van der Waals surface area contributed by atoms with E-state index >= 15 is 0 Å². The van der Waals surface area contributed by atoms with Gasteiger partial charge in [-0.2, -0.15) is 0 Å². The van der Waals surface area contributed by atoms with Crippen LogP contribution >= 0.6 is 0 Å². The highest BCUT2D eigenvalue weighted by Crippen LogP contribution is 2.27. The second kappa shape index (κ2) is 15.0. The number of hydrogen-bond acceptors (Lipinski definition) is 4. The van der Waals surface area contributed by atoms with Crippen molar-refractivity contribution in [2.75, 3.05) is 19.6 Å². The summed E-state index contributed by atoms with van der Waals surface area (Å²) >= 11 is 0. The zero-order chi connectivity index (χ0) is 30.9. The van der Waals surface area contributed by atoms with E-state index in [1.165, 1.54) is 24.2 Å². The molecule has 2 aromatic carbocycles. The maximum absolute atomic E-state index is 14.3. The number of fused-ring (bicyclic) bond motifs is 1. The van der Waals surface area contributed by atoms with Gasteiger partial charge in [0, 0.05) is 30.2 Å². The van der Waals surface area contributed by atoms with E-state index in [4.69, 9.17) is 0 Å². The Kier molecular flexibility index (Phi) is 10.7. The van der Waals surface area contributed by atoms with E-state index in [0.29, 0.717) is 44.7 Å². The molecule has 5 rings (SSSR count). The van der Waals surface area contributed by atoms with Crippen LogP contribution in [0.2, 0.25) is 0 Å². The molecule has 2 heterocycles. The minimum Gasteiger partial charge on any atom is -0.480 e. The first-order chi connectivity index (χ1) is 21.4. The Labute approximate surface area is 259 Å². The number of H-pyrrole nitrogens is 1. The van der Waals surface area contributed by atoms with E-state index in [9.17, 15) is 24.3 Å². The summed E-state index contributed by atoms with van der Waals surface area (Å²) < 4.78 is 0. The highest BCUT2D eigenvalue weighted by atomic mass is 16.4. The molecule has 2 atom stereocenters. The van der Waals surface area contributed by atoms with Gasteiger partial charge in [-0.25, -0.2) is 4.79 Å². The largest absolute Gasteiger partial charge is 0.480 e. The van der Waals surface area contributed by atoms with Gasteiger partial charge in [0.1, 0.15) is 12.1 Å². The summed E-state index contributed by atoms with van der Waals surface area (Å²) in [6.45, 7) is 0.593. The summed E-state index contributed by atoms with van der Waals surface area (Å²) in [6, 6.07) is 16.0. The number of aromatic amines is 1. The third-order valence-electron chi connectivity index (χ3n) is 9.25. The number of carboxylic acid groups (broad SMARTS) is 1. The molecule has 3 amide bonds. The molecule has 0 spiro atoms. The van der Waals surface area contributed by atoms with Gasteiger partial charge in [0.2, 0.25) is 17.7 Å². The van der Waals surface area contributed by atoms with Crippen molar-refractivity contribution in [2.24, 2.45) is 5.92 Å². The Balaban J connectivity index is 1.34. The van der Waals surface area contributed by atoms with E-state index in [0.717, 1.165) is 41.3 Å². The first-order valence-electron chi connectivity index (χ1n) is 16.1. The number of carboxylic acids is 1. The van der Waals surface area contributed by atoms with Crippen LogP contribution in [0.3, 0.4) is 0 Å². The van der Waals surface area contributed by atoms with Crippen LogP contribution in [0.5, 0.6) is 0 Å². The molecular formula is C35H44N4O5. The van der Waals surface area contributed by atoms with E-state index < -0.39 is 18.1 Å². The zero-order valence-corrected chi connectivity index (χ0v) is 25.4. The van der Waals surface area contributed by atoms with Crippen LogP contribution < -0.4 is 5.32 Å². The topological polar surface area (TPSA) is 123 Å². The van der Waals surface area contributed by atoms with Crippen molar-refractivity contribution in [3.8, 4) is 0 Å². The lowest BCUT2D eigenvalue weighted by Gasteiger charge is -2.32. The fourth-order valence-corrected chi connectivity index (χ4v) is 6.79. The van der Waals surface area contributed by atoms with Crippen molar-refractivity contribution in [3.05, 3.63) is 71.9 Å². The lowest BCUT2D eigenvalue weighted by Crippen LogP contribution is -2.53. The molecule has 1 aliphatic carbocycles. The molecule has 1 aliphatic heterocycles. The van der Waals surface area contributed by atoms with Crippen molar-refractivity contribution in [3.63, 3.8) is 0 Å². The van der Waals surface area contributed by atoms with E-state index in [-0.39, 0.29) is 30.7 Å². The number of para-hydroxylation sites is 1. The van der Waals surface area contributed by atoms with Gasteiger partial charge < -0.3 is 25.2 Å². The summed E-state index contributed by atoms with van der Waals surface area (Å²) in [5.41, 5.74) is 2.86. The van der Waals surface area contributed by atoms with Crippen LogP contribution in [-0.4, -0.2) is 75.3 Å². The van der Waals surface area contributed by atoms with Crippen LogP contribution in [0.4, 0.5) is 0 Å². The van der Waals surface area contributed by atoms with Crippen LogP contribution in [0.1, 0.15) is 68.9 Å². The number of likely N-dealkylation sites (tertiary alicyclic amines) is 1. The number of aliphatic carboxylic acids is 1. The molecule has 44 heavy (non-hydrogen) atoms. The van der Waals surface area contributed by atoms with Crippen molar-refractivity contribution < 1.29 is 24.3 Å². The fraction of sp³-hybridized carbons (Fsp3) is 0.486. The highest BCUT2D eigenvalue weighted by molar-refractivity contribution is 5.94. The van der Waals surface area contributed by atoms with Gasteiger partial charge in [-0.05, 0) is 55.2 Å². The normalized spacial score (nSPS) is 17.8. The molecule has 3 aromatic rings. The lowest BCUT2D eigenvalue weighted by molar-refractivity contribution is -0.150. The predicted molar refractivity (Wildman–Crippen MR) is 169 cm³/mol. The van der Waals surface area contributed by atoms with Gasteiger partial charge in [-0.15, -0.1) is 0 Å². The van der Waals surface area contributed by atoms with Crippen molar-refractivity contribution >= 4 is 34.6 Å². The average Bonchev–Trinajstić information content (AvgIpc) is 3.70. The van der Waals surface area contributed by atoms with Gasteiger partial charge in [0.15, 0.2) is 0 Å². The molecule has 0 unspecified atom stereocenters.